The molecule has 108 valence electrons. The highest BCUT2D eigenvalue weighted by Gasteiger charge is 2.35. The van der Waals surface area contributed by atoms with Crippen LogP contribution in [0.15, 0.2) is 12.1 Å². The van der Waals surface area contributed by atoms with E-state index in [2.05, 4.69) is 64.2 Å². The molecule has 1 aromatic rings. The molecule has 0 aromatic heterocycles. The number of ether oxygens (including phenoxy) is 1. The fourth-order valence-electron chi connectivity index (χ4n) is 2.38. The van der Waals surface area contributed by atoms with Crippen LogP contribution in [-0.4, -0.2) is 31.6 Å². The molecule has 1 unspecified atom stereocenters. The van der Waals surface area contributed by atoms with Crippen molar-refractivity contribution in [3.05, 3.63) is 28.8 Å². The van der Waals surface area contributed by atoms with Crippen molar-refractivity contribution >= 4 is 0 Å². The highest BCUT2D eigenvalue weighted by Crippen LogP contribution is 2.37. The third-order valence-electron chi connectivity index (χ3n) is 4.03. The van der Waals surface area contributed by atoms with Gasteiger partial charge in [0.25, 0.3) is 0 Å². The maximum atomic E-state index is 5.83. The summed E-state index contributed by atoms with van der Waals surface area (Å²) in [4.78, 5) is 2.16. The predicted molar refractivity (Wildman–Crippen MR) is 80.3 cm³/mol. The summed E-state index contributed by atoms with van der Waals surface area (Å²) in [5.74, 6) is 6.71. The zero-order chi connectivity index (χ0) is 14.8. The molecule has 0 heterocycles. The minimum Gasteiger partial charge on any atom is -0.496 e. The van der Waals surface area contributed by atoms with E-state index in [0.717, 1.165) is 11.3 Å². The number of aryl methyl sites for hydroxylation is 2. The van der Waals surface area contributed by atoms with E-state index in [4.69, 9.17) is 10.6 Å². The van der Waals surface area contributed by atoms with Gasteiger partial charge < -0.3 is 9.64 Å². The highest BCUT2D eigenvalue weighted by molar-refractivity contribution is 5.46. The number of hydrogen-bond acceptors (Lipinski definition) is 4. The largest absolute Gasteiger partial charge is 0.496 e. The number of nitrogens with two attached hydrogens (primary N) is 1. The average molecular weight is 265 g/mol. The Kier molecular flexibility index (Phi) is 4.96. The summed E-state index contributed by atoms with van der Waals surface area (Å²) in [5.41, 5.74) is 6.32. The van der Waals surface area contributed by atoms with Crippen LogP contribution in [0, 0.1) is 13.8 Å². The topological polar surface area (TPSA) is 50.5 Å². The third kappa shape index (κ3) is 3.08. The lowest BCUT2D eigenvalue weighted by Crippen LogP contribution is -2.51. The summed E-state index contributed by atoms with van der Waals surface area (Å²) in [6.45, 7) is 8.49. The molecule has 0 radical (unpaired) electrons. The normalized spacial score (nSPS) is 13.7. The molecule has 1 rings (SSSR count). The van der Waals surface area contributed by atoms with E-state index in [1.807, 2.05) is 0 Å². The number of nitrogens with zero attached hydrogens (tertiary/aromatic N) is 1. The Morgan fingerprint density at radius 1 is 1.26 bits per heavy atom. The van der Waals surface area contributed by atoms with Gasteiger partial charge in [0.05, 0.1) is 13.2 Å². The van der Waals surface area contributed by atoms with E-state index in [1.165, 1.54) is 11.1 Å². The van der Waals surface area contributed by atoms with E-state index in [1.54, 1.807) is 7.11 Å². The SMILES string of the molecule is COc1cc(C)cc(C)c1C(NN)C(C)(C)N(C)C. The molecular weight excluding hydrogens is 238 g/mol. The summed E-state index contributed by atoms with van der Waals surface area (Å²) in [7, 11) is 5.81. The lowest BCUT2D eigenvalue weighted by molar-refractivity contribution is 0.136. The van der Waals surface area contributed by atoms with Gasteiger partial charge in [0.15, 0.2) is 0 Å². The minimum atomic E-state index is -0.137. The molecule has 3 N–H and O–H groups in total. The fourth-order valence-corrected chi connectivity index (χ4v) is 2.38. The maximum Gasteiger partial charge on any atom is 0.124 e. The van der Waals surface area contributed by atoms with Gasteiger partial charge in [0, 0.05) is 11.1 Å². The van der Waals surface area contributed by atoms with Gasteiger partial charge in [0.2, 0.25) is 0 Å². The zero-order valence-corrected chi connectivity index (χ0v) is 13.2. The van der Waals surface area contributed by atoms with E-state index >= 15 is 0 Å². The smallest absolute Gasteiger partial charge is 0.124 e. The van der Waals surface area contributed by atoms with Crippen molar-refractivity contribution in [1.82, 2.24) is 10.3 Å². The summed E-state index contributed by atoms with van der Waals surface area (Å²) in [5, 5.41) is 0. The van der Waals surface area contributed by atoms with Crippen molar-refractivity contribution in [2.24, 2.45) is 5.84 Å². The second-order valence-electron chi connectivity index (χ2n) is 5.85. The van der Waals surface area contributed by atoms with Crippen molar-refractivity contribution in [3.63, 3.8) is 0 Å². The minimum absolute atomic E-state index is 0.0157. The Hall–Kier alpha value is -1.10. The molecule has 0 saturated carbocycles. The lowest BCUT2D eigenvalue weighted by atomic mass is 9.84. The Balaban J connectivity index is 3.41. The first-order chi connectivity index (χ1) is 8.75. The number of likely N-dealkylation sites (N-methyl/N-ethyl adjacent to an activating group) is 1. The summed E-state index contributed by atoms with van der Waals surface area (Å²) in [6.07, 6.45) is 0. The number of nitrogens with one attached hydrogen (secondary N) is 1. The second-order valence-corrected chi connectivity index (χ2v) is 5.85. The second kappa shape index (κ2) is 5.90. The number of rotatable bonds is 5. The molecule has 1 atom stereocenters. The van der Waals surface area contributed by atoms with Crippen molar-refractivity contribution in [2.45, 2.75) is 39.3 Å². The Morgan fingerprint density at radius 2 is 1.84 bits per heavy atom. The van der Waals surface area contributed by atoms with Crippen LogP contribution in [0.3, 0.4) is 0 Å². The predicted octanol–water partition coefficient (Wildman–Crippen LogP) is 2.16. The van der Waals surface area contributed by atoms with Gasteiger partial charge in [-0.1, -0.05) is 6.07 Å². The lowest BCUT2D eigenvalue weighted by Gasteiger charge is -2.41. The zero-order valence-electron chi connectivity index (χ0n) is 13.2. The van der Waals surface area contributed by atoms with Crippen LogP contribution in [0.4, 0.5) is 0 Å². The molecule has 19 heavy (non-hydrogen) atoms. The van der Waals surface area contributed by atoms with Crippen LogP contribution >= 0.6 is 0 Å². The van der Waals surface area contributed by atoms with E-state index < -0.39 is 0 Å². The van der Waals surface area contributed by atoms with Crippen LogP contribution in [0.1, 0.15) is 36.6 Å². The quantitative estimate of drug-likeness (QED) is 0.633. The number of methoxy groups -OCH3 is 1. The van der Waals surface area contributed by atoms with E-state index in [0.29, 0.717) is 0 Å². The number of hydrazine groups is 1. The van der Waals surface area contributed by atoms with E-state index in [9.17, 15) is 0 Å². The molecule has 0 bridgehead atoms. The van der Waals surface area contributed by atoms with Crippen LogP contribution in [-0.2, 0) is 0 Å². The molecule has 0 aliphatic carbocycles. The first kappa shape index (κ1) is 16.0. The van der Waals surface area contributed by atoms with E-state index in [-0.39, 0.29) is 11.6 Å². The summed E-state index contributed by atoms with van der Waals surface area (Å²) in [6, 6.07) is 4.20. The van der Waals surface area contributed by atoms with Crippen molar-refractivity contribution in [3.8, 4) is 5.75 Å². The van der Waals surface area contributed by atoms with Crippen molar-refractivity contribution in [2.75, 3.05) is 21.2 Å². The monoisotopic (exact) mass is 265 g/mol. The molecule has 0 amide bonds. The maximum absolute atomic E-state index is 5.83. The van der Waals surface area contributed by atoms with Crippen LogP contribution < -0.4 is 16.0 Å². The highest BCUT2D eigenvalue weighted by atomic mass is 16.5. The third-order valence-corrected chi connectivity index (χ3v) is 4.03. The molecule has 0 saturated heterocycles. The molecule has 0 spiro atoms. The first-order valence-electron chi connectivity index (χ1n) is 6.54. The van der Waals surface area contributed by atoms with Crippen molar-refractivity contribution < 1.29 is 4.74 Å². The fraction of sp³-hybridized carbons (Fsp3) is 0.600. The Bertz CT molecular complexity index is 441. The van der Waals surface area contributed by atoms with Gasteiger partial charge >= 0.3 is 0 Å². The standard InChI is InChI=1S/C15H27N3O/c1-10-8-11(2)13(12(9-10)19-7)14(17-16)15(3,4)18(5)6/h8-9,14,17H,16H2,1-7H3. The first-order valence-corrected chi connectivity index (χ1v) is 6.54. The number of hydrogen-bond donors (Lipinski definition) is 2. The molecular formula is C15H27N3O. The molecule has 0 aliphatic heterocycles. The average Bonchev–Trinajstić information content (AvgIpc) is 2.31. The van der Waals surface area contributed by atoms with Crippen LogP contribution in [0.25, 0.3) is 0 Å². The molecule has 0 fully saturated rings. The van der Waals surface area contributed by atoms with Crippen LogP contribution in [0.2, 0.25) is 0 Å². The Morgan fingerprint density at radius 3 is 2.26 bits per heavy atom. The number of benzene rings is 1. The molecule has 0 aliphatic rings. The van der Waals surface area contributed by atoms with Gasteiger partial charge in [-0.2, -0.15) is 0 Å². The molecule has 4 heteroatoms. The summed E-state index contributed by atoms with van der Waals surface area (Å²) >= 11 is 0. The van der Waals surface area contributed by atoms with Gasteiger partial charge in [-0.3, -0.25) is 11.3 Å². The molecule has 4 nitrogen and oxygen atoms in total. The molecule has 1 aromatic carbocycles. The Labute approximate surface area is 116 Å². The van der Waals surface area contributed by atoms with Gasteiger partial charge in [0.1, 0.15) is 5.75 Å². The van der Waals surface area contributed by atoms with Crippen LogP contribution in [0.5, 0.6) is 5.75 Å². The van der Waals surface area contributed by atoms with Gasteiger partial charge in [-0.15, -0.1) is 0 Å². The van der Waals surface area contributed by atoms with Gasteiger partial charge in [-0.25, -0.2) is 0 Å². The van der Waals surface area contributed by atoms with Gasteiger partial charge in [-0.05, 0) is 59.0 Å². The van der Waals surface area contributed by atoms with Crippen molar-refractivity contribution in [1.29, 1.82) is 0 Å². The summed E-state index contributed by atoms with van der Waals surface area (Å²) < 4.78 is 5.55.